The van der Waals surface area contributed by atoms with Gasteiger partial charge in [0.15, 0.2) is 6.61 Å². The Balaban J connectivity index is 1.53. The van der Waals surface area contributed by atoms with Crippen LogP contribution in [-0.4, -0.2) is 24.1 Å². The van der Waals surface area contributed by atoms with Gasteiger partial charge in [0.05, 0.1) is 16.3 Å². The number of rotatable bonds is 7. The van der Waals surface area contributed by atoms with Gasteiger partial charge in [0, 0.05) is 15.7 Å². The van der Waals surface area contributed by atoms with Crippen LogP contribution in [-0.2, 0) is 4.79 Å². The van der Waals surface area contributed by atoms with Crippen LogP contribution in [0.2, 0.25) is 15.1 Å². The van der Waals surface area contributed by atoms with E-state index in [0.29, 0.717) is 32.8 Å². The Morgan fingerprint density at radius 2 is 1.56 bits per heavy atom. The Bertz CT molecular complexity index is 1150. The van der Waals surface area contributed by atoms with E-state index in [1.807, 2.05) is 0 Å². The van der Waals surface area contributed by atoms with Crippen LogP contribution < -0.4 is 15.5 Å². The largest absolute Gasteiger partial charge is 0.484 e. The molecule has 0 unspecified atom stereocenters. The van der Waals surface area contributed by atoms with E-state index in [9.17, 15) is 9.59 Å². The lowest BCUT2D eigenvalue weighted by Crippen LogP contribution is -2.25. The van der Waals surface area contributed by atoms with Gasteiger partial charge in [-0.05, 0) is 67.1 Å². The van der Waals surface area contributed by atoms with Crippen LogP contribution in [0.1, 0.15) is 22.8 Å². The van der Waals surface area contributed by atoms with Crippen LogP contribution in [0.5, 0.6) is 5.75 Å². The van der Waals surface area contributed by atoms with Crippen molar-refractivity contribution in [3.8, 4) is 5.75 Å². The SMILES string of the molecule is C/C(=N/NC(=O)COc1ccc(Cl)cc1)c1ccc(NC(=O)c2ccc(Cl)cc2Cl)cc1. The second kappa shape index (κ2) is 11.0. The highest BCUT2D eigenvalue weighted by Crippen LogP contribution is 2.22. The summed E-state index contributed by atoms with van der Waals surface area (Å²) in [6.07, 6.45) is 0. The van der Waals surface area contributed by atoms with Crippen molar-refractivity contribution in [1.29, 1.82) is 0 Å². The number of ether oxygens (including phenoxy) is 1. The van der Waals surface area contributed by atoms with E-state index in [0.717, 1.165) is 5.56 Å². The molecule has 0 bridgehead atoms. The summed E-state index contributed by atoms with van der Waals surface area (Å²) in [4.78, 5) is 24.3. The van der Waals surface area contributed by atoms with Gasteiger partial charge >= 0.3 is 0 Å². The van der Waals surface area contributed by atoms with E-state index in [1.54, 1.807) is 67.6 Å². The first kappa shape index (κ1) is 23.6. The lowest BCUT2D eigenvalue weighted by molar-refractivity contribution is -0.123. The molecular formula is C23H18Cl3N3O3. The van der Waals surface area contributed by atoms with E-state index < -0.39 is 5.91 Å². The summed E-state index contributed by atoms with van der Waals surface area (Å²) in [5.41, 5.74) is 4.70. The molecule has 3 aromatic carbocycles. The normalized spacial score (nSPS) is 11.1. The van der Waals surface area contributed by atoms with E-state index in [-0.39, 0.29) is 17.5 Å². The summed E-state index contributed by atoms with van der Waals surface area (Å²) < 4.78 is 5.37. The van der Waals surface area contributed by atoms with Crippen LogP contribution in [0, 0.1) is 0 Å². The molecule has 2 N–H and O–H groups in total. The van der Waals surface area contributed by atoms with Crippen molar-refractivity contribution in [3.05, 3.63) is 92.9 Å². The van der Waals surface area contributed by atoms with Gasteiger partial charge in [-0.25, -0.2) is 5.43 Å². The highest BCUT2D eigenvalue weighted by Gasteiger charge is 2.11. The standard InChI is InChI=1S/C23H18Cl3N3O3/c1-14(28-29-22(30)13-32-19-9-4-16(24)5-10-19)15-2-7-18(8-3-15)27-23(31)20-11-6-17(25)12-21(20)26/h2-12H,13H2,1H3,(H,27,31)(H,29,30)/b28-14-. The van der Waals surface area contributed by atoms with Gasteiger partial charge in [-0.2, -0.15) is 5.10 Å². The van der Waals surface area contributed by atoms with Gasteiger partial charge in [-0.1, -0.05) is 46.9 Å². The van der Waals surface area contributed by atoms with Crippen LogP contribution in [0.4, 0.5) is 5.69 Å². The molecule has 2 amide bonds. The molecule has 3 rings (SSSR count). The number of hydrazone groups is 1. The third-order valence-electron chi connectivity index (χ3n) is 4.27. The van der Waals surface area contributed by atoms with Crippen molar-refractivity contribution >= 4 is 58.0 Å². The predicted molar refractivity (Wildman–Crippen MR) is 128 cm³/mol. The molecule has 0 saturated heterocycles. The maximum Gasteiger partial charge on any atom is 0.277 e. The first-order valence-electron chi connectivity index (χ1n) is 9.40. The number of halogens is 3. The van der Waals surface area contributed by atoms with Crippen LogP contribution >= 0.6 is 34.8 Å². The Kier molecular flexibility index (Phi) is 8.11. The van der Waals surface area contributed by atoms with Gasteiger partial charge in [-0.15, -0.1) is 0 Å². The molecular weight excluding hydrogens is 473 g/mol. The smallest absolute Gasteiger partial charge is 0.277 e. The lowest BCUT2D eigenvalue weighted by Gasteiger charge is -2.08. The van der Waals surface area contributed by atoms with Crippen molar-refractivity contribution < 1.29 is 14.3 Å². The van der Waals surface area contributed by atoms with Gasteiger partial charge in [0.25, 0.3) is 11.8 Å². The molecule has 3 aromatic rings. The Labute approximate surface area is 200 Å². The van der Waals surface area contributed by atoms with Gasteiger partial charge in [-0.3, -0.25) is 9.59 Å². The Morgan fingerprint density at radius 3 is 2.22 bits per heavy atom. The number of benzene rings is 3. The van der Waals surface area contributed by atoms with E-state index in [4.69, 9.17) is 39.5 Å². The summed E-state index contributed by atoms with van der Waals surface area (Å²) in [7, 11) is 0. The summed E-state index contributed by atoms with van der Waals surface area (Å²) in [6.45, 7) is 1.57. The minimum Gasteiger partial charge on any atom is -0.484 e. The van der Waals surface area contributed by atoms with Crippen LogP contribution in [0.15, 0.2) is 71.8 Å². The second-order valence-electron chi connectivity index (χ2n) is 6.63. The number of carbonyl (C=O) groups is 2. The first-order valence-corrected chi connectivity index (χ1v) is 10.5. The third kappa shape index (κ3) is 6.72. The summed E-state index contributed by atoms with van der Waals surface area (Å²) in [5.74, 6) is -0.219. The quantitative estimate of drug-likeness (QED) is 0.323. The monoisotopic (exact) mass is 489 g/mol. The molecule has 0 aromatic heterocycles. The summed E-state index contributed by atoms with van der Waals surface area (Å²) in [6, 6.07) is 18.4. The molecule has 9 heteroatoms. The molecule has 0 aliphatic heterocycles. The van der Waals surface area contributed by atoms with Gasteiger partial charge in [0.2, 0.25) is 0 Å². The number of nitrogens with one attached hydrogen (secondary N) is 2. The van der Waals surface area contributed by atoms with Gasteiger partial charge < -0.3 is 10.1 Å². The van der Waals surface area contributed by atoms with Crippen molar-refractivity contribution in [2.75, 3.05) is 11.9 Å². The minimum absolute atomic E-state index is 0.184. The average molecular weight is 491 g/mol. The minimum atomic E-state index is -0.400. The van der Waals surface area contributed by atoms with Gasteiger partial charge in [0.1, 0.15) is 5.75 Å². The zero-order chi connectivity index (χ0) is 23.1. The molecule has 0 atom stereocenters. The topological polar surface area (TPSA) is 79.8 Å². The zero-order valence-electron chi connectivity index (χ0n) is 16.9. The molecule has 0 aliphatic carbocycles. The van der Waals surface area contributed by atoms with E-state index >= 15 is 0 Å². The number of amides is 2. The van der Waals surface area contributed by atoms with E-state index in [2.05, 4.69) is 15.8 Å². The molecule has 32 heavy (non-hydrogen) atoms. The molecule has 0 saturated carbocycles. The number of carbonyl (C=O) groups excluding carboxylic acids is 2. The number of anilines is 1. The second-order valence-corrected chi connectivity index (χ2v) is 7.91. The predicted octanol–water partition coefficient (Wildman–Crippen LogP) is 5.82. The van der Waals surface area contributed by atoms with Crippen LogP contribution in [0.25, 0.3) is 0 Å². The Morgan fingerprint density at radius 1 is 0.906 bits per heavy atom. The number of nitrogens with zero attached hydrogens (tertiary/aromatic N) is 1. The number of hydrogen-bond donors (Lipinski definition) is 2. The highest BCUT2D eigenvalue weighted by molar-refractivity contribution is 6.37. The fraction of sp³-hybridized carbons (Fsp3) is 0.0870. The fourth-order valence-corrected chi connectivity index (χ4v) is 3.21. The molecule has 164 valence electrons. The highest BCUT2D eigenvalue weighted by atomic mass is 35.5. The summed E-state index contributed by atoms with van der Waals surface area (Å²) >= 11 is 17.7. The Hall–Kier alpha value is -3.06. The first-order chi connectivity index (χ1) is 15.3. The van der Waals surface area contributed by atoms with Crippen molar-refractivity contribution in [3.63, 3.8) is 0 Å². The van der Waals surface area contributed by atoms with Crippen molar-refractivity contribution in [1.82, 2.24) is 5.43 Å². The maximum absolute atomic E-state index is 12.4. The average Bonchev–Trinajstić information content (AvgIpc) is 2.77. The third-order valence-corrected chi connectivity index (χ3v) is 5.07. The number of hydrogen-bond acceptors (Lipinski definition) is 4. The molecule has 0 heterocycles. The maximum atomic E-state index is 12.4. The van der Waals surface area contributed by atoms with Crippen molar-refractivity contribution in [2.45, 2.75) is 6.92 Å². The van der Waals surface area contributed by atoms with Crippen LogP contribution in [0.3, 0.4) is 0 Å². The fourth-order valence-electron chi connectivity index (χ4n) is 2.59. The zero-order valence-corrected chi connectivity index (χ0v) is 19.1. The van der Waals surface area contributed by atoms with Crippen molar-refractivity contribution in [2.24, 2.45) is 5.10 Å². The molecule has 6 nitrogen and oxygen atoms in total. The molecule has 0 radical (unpaired) electrons. The molecule has 0 spiro atoms. The lowest BCUT2D eigenvalue weighted by atomic mass is 10.1. The van der Waals surface area contributed by atoms with E-state index in [1.165, 1.54) is 6.07 Å². The summed E-state index contributed by atoms with van der Waals surface area (Å²) in [5, 5.41) is 8.15. The molecule has 0 fully saturated rings. The molecule has 0 aliphatic rings.